The lowest BCUT2D eigenvalue weighted by Crippen LogP contribution is -2.50. The van der Waals surface area contributed by atoms with Crippen molar-refractivity contribution in [3.63, 3.8) is 0 Å². The Morgan fingerprint density at radius 3 is 2.33 bits per heavy atom. The molecular weight excluding hydrogens is 328 g/mol. The second-order valence-corrected chi connectivity index (χ2v) is 8.20. The molecule has 0 aromatic heterocycles. The van der Waals surface area contributed by atoms with E-state index in [0.717, 1.165) is 17.3 Å². The number of hydrogen-bond donors (Lipinski definition) is 2. The molecule has 4 heteroatoms. The van der Waals surface area contributed by atoms with Crippen LogP contribution in [-0.2, 0) is 6.42 Å². The summed E-state index contributed by atoms with van der Waals surface area (Å²) < 4.78 is 1.08. The van der Waals surface area contributed by atoms with E-state index in [4.69, 9.17) is 0 Å². The fourth-order valence-corrected chi connectivity index (χ4v) is 3.22. The second-order valence-electron chi connectivity index (χ2n) is 7.34. The summed E-state index contributed by atoms with van der Waals surface area (Å²) in [6.07, 6.45) is 1.74. The minimum atomic E-state index is -0.213. The van der Waals surface area contributed by atoms with E-state index in [2.05, 4.69) is 67.2 Å². The first kappa shape index (κ1) is 18.0. The maximum Gasteiger partial charge on any atom is 0.315 e. The van der Waals surface area contributed by atoms with Crippen molar-refractivity contribution in [2.45, 2.75) is 53.0 Å². The van der Waals surface area contributed by atoms with E-state index in [1.54, 1.807) is 0 Å². The Morgan fingerprint density at radius 1 is 1.14 bits per heavy atom. The Kier molecular flexibility index (Phi) is 6.26. The smallest absolute Gasteiger partial charge is 0.315 e. The number of nitrogens with one attached hydrogen (secondary N) is 2. The lowest BCUT2D eigenvalue weighted by Gasteiger charge is -2.33. The summed E-state index contributed by atoms with van der Waals surface area (Å²) >= 11 is 3.52. The molecule has 0 fully saturated rings. The van der Waals surface area contributed by atoms with Gasteiger partial charge in [0.15, 0.2) is 0 Å². The Morgan fingerprint density at radius 2 is 1.76 bits per heavy atom. The summed E-state index contributed by atoms with van der Waals surface area (Å²) in [4.78, 5) is 12.0. The largest absolute Gasteiger partial charge is 0.338 e. The summed E-state index contributed by atoms with van der Waals surface area (Å²) in [5.74, 6) is 0. The van der Waals surface area contributed by atoms with Crippen LogP contribution < -0.4 is 10.6 Å². The minimum Gasteiger partial charge on any atom is -0.338 e. The van der Waals surface area contributed by atoms with Crippen molar-refractivity contribution in [1.29, 1.82) is 0 Å². The lowest BCUT2D eigenvalue weighted by atomic mass is 9.82. The zero-order valence-corrected chi connectivity index (χ0v) is 15.3. The molecule has 0 unspecified atom stereocenters. The molecule has 1 aromatic carbocycles. The summed E-state index contributed by atoms with van der Waals surface area (Å²) in [6, 6.07) is 7.97. The maximum absolute atomic E-state index is 12.0. The highest BCUT2D eigenvalue weighted by atomic mass is 79.9. The first-order valence-electron chi connectivity index (χ1n) is 7.38. The Labute approximate surface area is 137 Å². The quantitative estimate of drug-likeness (QED) is 0.802. The molecule has 0 aliphatic rings. The summed E-state index contributed by atoms with van der Waals surface area (Å²) in [6.45, 7) is 11.3. The lowest BCUT2D eigenvalue weighted by molar-refractivity contribution is 0.210. The van der Waals surface area contributed by atoms with E-state index < -0.39 is 0 Å². The van der Waals surface area contributed by atoms with E-state index in [0.29, 0.717) is 6.54 Å². The van der Waals surface area contributed by atoms with Crippen LogP contribution >= 0.6 is 15.9 Å². The minimum absolute atomic E-state index is 0.101. The number of benzene rings is 1. The van der Waals surface area contributed by atoms with Gasteiger partial charge in [0.25, 0.3) is 0 Å². The number of hydrogen-bond acceptors (Lipinski definition) is 1. The van der Waals surface area contributed by atoms with E-state index in [9.17, 15) is 4.79 Å². The average molecular weight is 355 g/mol. The van der Waals surface area contributed by atoms with Crippen molar-refractivity contribution >= 4 is 22.0 Å². The van der Waals surface area contributed by atoms with Crippen molar-refractivity contribution in [3.05, 3.63) is 34.3 Å². The third kappa shape index (κ3) is 7.51. The SMILES string of the molecule is CC(C)(C)CC(C)(C)NC(=O)NCCc1ccccc1Br. The summed E-state index contributed by atoms with van der Waals surface area (Å²) in [7, 11) is 0. The molecule has 3 nitrogen and oxygen atoms in total. The van der Waals surface area contributed by atoms with Crippen molar-refractivity contribution in [3.8, 4) is 0 Å². The van der Waals surface area contributed by atoms with Gasteiger partial charge in [0.05, 0.1) is 0 Å². The summed E-state index contributed by atoms with van der Waals surface area (Å²) in [5.41, 5.74) is 1.17. The molecular formula is C17H27BrN2O. The zero-order chi connectivity index (χ0) is 16.1. The molecule has 1 aromatic rings. The molecule has 0 bridgehead atoms. The van der Waals surface area contributed by atoms with Crippen LogP contribution in [0.1, 0.15) is 46.6 Å². The number of carbonyl (C=O) groups is 1. The molecule has 0 saturated heterocycles. The van der Waals surface area contributed by atoms with Crippen molar-refractivity contribution < 1.29 is 4.79 Å². The fraction of sp³-hybridized carbons (Fsp3) is 0.588. The van der Waals surface area contributed by atoms with E-state index in [-0.39, 0.29) is 17.0 Å². The van der Waals surface area contributed by atoms with Gasteiger partial charge >= 0.3 is 6.03 Å². The topological polar surface area (TPSA) is 41.1 Å². The molecule has 0 spiro atoms. The zero-order valence-electron chi connectivity index (χ0n) is 13.7. The molecule has 0 aliphatic carbocycles. The van der Waals surface area contributed by atoms with Crippen LogP contribution in [0.25, 0.3) is 0 Å². The van der Waals surface area contributed by atoms with Gasteiger partial charge < -0.3 is 10.6 Å². The highest BCUT2D eigenvalue weighted by Crippen LogP contribution is 2.26. The Bertz CT molecular complexity index is 478. The van der Waals surface area contributed by atoms with Gasteiger partial charge in [-0.05, 0) is 43.7 Å². The van der Waals surface area contributed by atoms with Gasteiger partial charge in [-0.15, -0.1) is 0 Å². The van der Waals surface area contributed by atoms with Crippen LogP contribution in [0.3, 0.4) is 0 Å². The predicted molar refractivity (Wildman–Crippen MR) is 92.5 cm³/mol. The predicted octanol–water partition coefficient (Wildman–Crippen LogP) is 4.51. The molecule has 0 saturated carbocycles. The molecule has 2 N–H and O–H groups in total. The average Bonchev–Trinajstić information content (AvgIpc) is 2.27. The van der Waals surface area contributed by atoms with Crippen LogP contribution in [0.2, 0.25) is 0 Å². The number of amides is 2. The normalized spacial score (nSPS) is 12.1. The number of rotatable bonds is 5. The van der Waals surface area contributed by atoms with Gasteiger partial charge in [-0.3, -0.25) is 0 Å². The maximum atomic E-state index is 12.0. The molecule has 21 heavy (non-hydrogen) atoms. The van der Waals surface area contributed by atoms with Crippen LogP contribution in [0.5, 0.6) is 0 Å². The summed E-state index contributed by atoms with van der Waals surface area (Å²) in [5, 5.41) is 5.98. The monoisotopic (exact) mass is 354 g/mol. The molecule has 118 valence electrons. The van der Waals surface area contributed by atoms with Gasteiger partial charge in [-0.1, -0.05) is 54.9 Å². The van der Waals surface area contributed by atoms with Gasteiger partial charge in [0.2, 0.25) is 0 Å². The van der Waals surface area contributed by atoms with Gasteiger partial charge in [-0.25, -0.2) is 4.79 Å². The van der Waals surface area contributed by atoms with Gasteiger partial charge in [0, 0.05) is 16.6 Å². The van der Waals surface area contributed by atoms with Gasteiger partial charge in [0.1, 0.15) is 0 Å². The van der Waals surface area contributed by atoms with Crippen LogP contribution in [0.15, 0.2) is 28.7 Å². The first-order valence-corrected chi connectivity index (χ1v) is 8.18. The highest BCUT2D eigenvalue weighted by Gasteiger charge is 2.26. The van der Waals surface area contributed by atoms with E-state index in [1.165, 1.54) is 5.56 Å². The molecule has 1 rings (SSSR count). The third-order valence-electron chi connectivity index (χ3n) is 3.06. The van der Waals surface area contributed by atoms with Crippen molar-refractivity contribution in [2.75, 3.05) is 6.54 Å². The number of urea groups is 1. The molecule has 2 amide bonds. The number of halogens is 1. The molecule has 0 heterocycles. The van der Waals surface area contributed by atoms with Gasteiger partial charge in [-0.2, -0.15) is 0 Å². The number of carbonyl (C=O) groups excluding carboxylic acids is 1. The van der Waals surface area contributed by atoms with E-state index in [1.807, 2.05) is 18.2 Å². The van der Waals surface area contributed by atoms with E-state index >= 15 is 0 Å². The highest BCUT2D eigenvalue weighted by molar-refractivity contribution is 9.10. The second kappa shape index (κ2) is 7.30. The van der Waals surface area contributed by atoms with Crippen LogP contribution in [0, 0.1) is 5.41 Å². The van der Waals surface area contributed by atoms with Crippen molar-refractivity contribution in [2.24, 2.45) is 5.41 Å². The Balaban J connectivity index is 2.39. The molecule has 0 aliphatic heterocycles. The van der Waals surface area contributed by atoms with Crippen molar-refractivity contribution in [1.82, 2.24) is 10.6 Å². The molecule has 0 atom stereocenters. The fourth-order valence-electron chi connectivity index (χ4n) is 2.73. The third-order valence-corrected chi connectivity index (χ3v) is 3.84. The Hall–Kier alpha value is -1.03. The first-order chi connectivity index (χ1) is 9.59. The van der Waals surface area contributed by atoms with Crippen LogP contribution in [0.4, 0.5) is 4.79 Å². The standard InChI is InChI=1S/C17H27BrN2O/c1-16(2,3)12-17(4,5)20-15(21)19-11-10-13-8-6-7-9-14(13)18/h6-9H,10-12H2,1-5H3,(H2,19,20,21). The molecule has 0 radical (unpaired) electrons. The van der Waals surface area contributed by atoms with Crippen LogP contribution in [-0.4, -0.2) is 18.1 Å².